The molecule has 0 aliphatic carbocycles. The van der Waals surface area contributed by atoms with Crippen molar-refractivity contribution in [2.45, 2.75) is 32.8 Å². The van der Waals surface area contributed by atoms with Gasteiger partial charge in [-0.25, -0.2) is 38.1 Å². The summed E-state index contributed by atoms with van der Waals surface area (Å²) < 4.78 is 86.0. The van der Waals surface area contributed by atoms with Crippen molar-refractivity contribution >= 4 is 38.6 Å². The van der Waals surface area contributed by atoms with Gasteiger partial charge in [-0.1, -0.05) is 94.3 Å². The fourth-order valence-electron chi connectivity index (χ4n) is 10.4. The number of halogens is 4. The second kappa shape index (κ2) is 31.8. The summed E-state index contributed by atoms with van der Waals surface area (Å²) in [5, 5.41) is 30.9. The van der Waals surface area contributed by atoms with Gasteiger partial charge in [0.15, 0.2) is 17.5 Å². The van der Waals surface area contributed by atoms with Gasteiger partial charge in [0.25, 0.3) is 5.56 Å². The van der Waals surface area contributed by atoms with Crippen LogP contribution in [0, 0.1) is 17.5 Å². The van der Waals surface area contributed by atoms with E-state index in [4.69, 9.17) is 42.6 Å². The highest BCUT2D eigenvalue weighted by Gasteiger charge is 2.23. The van der Waals surface area contributed by atoms with Crippen LogP contribution in [0.2, 0.25) is 0 Å². The molecule has 11 heterocycles. The zero-order valence-electron chi connectivity index (χ0n) is 54.6. The topological polar surface area (TPSA) is 292 Å². The quantitative estimate of drug-likeness (QED) is 0.0659. The molecule has 0 spiro atoms. The van der Waals surface area contributed by atoms with E-state index < -0.39 is 0 Å². The van der Waals surface area contributed by atoms with Gasteiger partial charge in [-0.15, -0.1) is 22.7 Å². The molecule has 104 heavy (non-hydrogen) atoms. The van der Waals surface area contributed by atoms with Crippen LogP contribution in [-0.4, -0.2) is 98.9 Å². The summed E-state index contributed by atoms with van der Waals surface area (Å²) in [6.07, 6.45) is 12.5. The normalized spacial score (nSPS) is 11.0. The number of ether oxygens (including phenoxy) is 4. The molecule has 518 valence electrons. The number of methoxy groups -OCH3 is 2. The van der Waals surface area contributed by atoms with Gasteiger partial charge in [0.05, 0.1) is 66.5 Å². The fourth-order valence-corrected chi connectivity index (χ4v) is 12.0. The highest BCUT2D eigenvalue weighted by molar-refractivity contribution is 9.10. The molecule has 16 rings (SSSR count). The maximum absolute atomic E-state index is 14.4. The third-order valence-corrected chi connectivity index (χ3v) is 17.8. The van der Waals surface area contributed by atoms with E-state index in [1.54, 1.807) is 149 Å². The van der Waals surface area contributed by atoms with Gasteiger partial charge in [0.2, 0.25) is 11.8 Å². The lowest BCUT2D eigenvalue weighted by atomic mass is 10.2. The minimum atomic E-state index is -0.333. The van der Waals surface area contributed by atoms with Crippen LogP contribution in [-0.2, 0) is 32.8 Å². The maximum Gasteiger partial charge on any atom is 0.261 e. The van der Waals surface area contributed by atoms with E-state index in [1.807, 2.05) is 53.9 Å². The molecule has 5 aromatic carbocycles. The lowest BCUT2D eigenvalue weighted by molar-refractivity contribution is 0.291. The number of rotatable bonds is 22. The van der Waals surface area contributed by atoms with Gasteiger partial charge < -0.3 is 37.5 Å². The number of nitrogens with zero attached hydrogens (tertiary/aromatic N) is 16. The summed E-state index contributed by atoms with van der Waals surface area (Å²) in [6.45, 7) is 1.16. The first-order valence-corrected chi connectivity index (χ1v) is 34.0. The van der Waals surface area contributed by atoms with E-state index in [0.717, 1.165) is 27.6 Å². The lowest BCUT2D eigenvalue weighted by Crippen LogP contribution is -2.11. The van der Waals surface area contributed by atoms with Crippen molar-refractivity contribution in [3.63, 3.8) is 0 Å². The first-order valence-electron chi connectivity index (χ1n) is 31.4. The maximum atomic E-state index is 14.4. The van der Waals surface area contributed by atoms with Gasteiger partial charge in [-0.3, -0.25) is 18.8 Å². The summed E-state index contributed by atoms with van der Waals surface area (Å²) >= 11 is 6.26. The van der Waals surface area contributed by atoms with E-state index in [1.165, 1.54) is 65.9 Å². The zero-order chi connectivity index (χ0) is 71.3. The van der Waals surface area contributed by atoms with Gasteiger partial charge in [-0.05, 0) is 87.7 Å². The van der Waals surface area contributed by atoms with Gasteiger partial charge >= 0.3 is 0 Å². The molecule has 11 aromatic heterocycles. The second-order valence-corrected chi connectivity index (χ2v) is 25.0. The molecule has 0 unspecified atom stereocenters. The molecular formula is C73H53BrF3N17O8S2. The first kappa shape index (κ1) is 68.3. The Morgan fingerprint density at radius 1 is 0.471 bits per heavy atom. The predicted octanol–water partition coefficient (Wildman–Crippen LogP) is 15.0. The van der Waals surface area contributed by atoms with E-state index in [9.17, 15) is 18.0 Å². The van der Waals surface area contributed by atoms with Gasteiger partial charge in [0, 0.05) is 76.6 Å². The molecule has 16 aromatic rings. The Kier molecular flexibility index (Phi) is 20.9. The van der Waals surface area contributed by atoms with Crippen LogP contribution in [0.5, 0.6) is 23.3 Å². The van der Waals surface area contributed by atoms with Crippen LogP contribution in [0.4, 0.5) is 13.2 Å². The molecule has 25 nitrogen and oxygen atoms in total. The number of hydrogen-bond donors (Lipinski definition) is 1. The van der Waals surface area contributed by atoms with E-state index in [2.05, 4.69) is 76.5 Å². The highest BCUT2D eigenvalue weighted by Crippen LogP contribution is 2.35. The second-order valence-electron chi connectivity index (χ2n) is 22.3. The lowest BCUT2D eigenvalue weighted by Gasteiger charge is -2.10. The molecule has 0 aliphatic rings. The van der Waals surface area contributed by atoms with Crippen LogP contribution < -0.4 is 24.5 Å². The predicted molar refractivity (Wildman–Crippen MR) is 380 cm³/mol. The van der Waals surface area contributed by atoms with Crippen molar-refractivity contribution in [2.75, 3.05) is 14.2 Å². The molecular weight excluding hydrogens is 1440 g/mol. The van der Waals surface area contributed by atoms with Crippen LogP contribution >= 0.6 is 38.6 Å². The Balaban J connectivity index is 0.000000133. The third-order valence-electron chi connectivity index (χ3n) is 15.6. The molecule has 0 saturated carbocycles. The van der Waals surface area contributed by atoms with Crippen molar-refractivity contribution in [3.8, 4) is 113 Å². The molecule has 1 N–H and O–H groups in total. The van der Waals surface area contributed by atoms with Crippen LogP contribution in [0.25, 0.3) is 89.9 Å². The summed E-state index contributed by atoms with van der Waals surface area (Å²) in [4.78, 5) is 46.4. The van der Waals surface area contributed by atoms with Crippen molar-refractivity contribution in [1.29, 1.82) is 0 Å². The van der Waals surface area contributed by atoms with Crippen LogP contribution in [0.3, 0.4) is 0 Å². The van der Waals surface area contributed by atoms with Crippen LogP contribution in [0.15, 0.2) is 241 Å². The smallest absolute Gasteiger partial charge is 0.261 e. The molecule has 0 aliphatic heterocycles. The van der Waals surface area contributed by atoms with E-state index in [-0.39, 0.29) is 55.1 Å². The molecule has 0 amide bonds. The summed E-state index contributed by atoms with van der Waals surface area (Å²) in [5.41, 5.74) is 9.02. The van der Waals surface area contributed by atoms with Crippen molar-refractivity contribution in [2.24, 2.45) is 0 Å². The monoisotopic (exact) mass is 1500 g/mol. The third kappa shape index (κ3) is 16.0. The molecule has 0 fully saturated rings. The van der Waals surface area contributed by atoms with Gasteiger partial charge in [-0.2, -0.15) is 25.3 Å². The number of aromatic nitrogens is 17. The Bertz CT molecular complexity index is 5570. The number of thiazole rings is 2. The largest absolute Gasteiger partial charge is 0.497 e. The van der Waals surface area contributed by atoms with Crippen molar-refractivity contribution in [3.05, 3.63) is 278 Å². The van der Waals surface area contributed by atoms with E-state index in [0.29, 0.717) is 119 Å². The Morgan fingerprint density at radius 3 is 1.31 bits per heavy atom. The van der Waals surface area contributed by atoms with Crippen molar-refractivity contribution in [1.82, 2.24) is 84.7 Å². The Morgan fingerprint density at radius 2 is 0.885 bits per heavy atom. The molecule has 0 bridgehead atoms. The van der Waals surface area contributed by atoms with E-state index >= 15 is 0 Å². The Labute approximate surface area is 604 Å². The number of H-pyrrole nitrogens is 1. The summed E-state index contributed by atoms with van der Waals surface area (Å²) in [6, 6.07) is 45.2. The van der Waals surface area contributed by atoms with Crippen molar-refractivity contribution < 1.29 is 45.7 Å². The number of aromatic amines is 1. The summed E-state index contributed by atoms with van der Waals surface area (Å²) in [7, 11) is 3.25. The standard InChI is InChI=1S/C28H21FN6O3S.C25H19BrFN5O3.C20H13FN6O2S/c1-36-20-8-6-18(7-9-20)17-37-27-21(28-30-11-13-39-28)15-31-26(32-27)24-14-25(23-10-12-38-34-23)35(33-24)16-19-4-2-3-5-22(19)29;1-33-18-8-6-16(7-9-18)15-34-25-19(26)13-28-24(29-25)22-12-23(21-10-11-35-31-21)32(30-22)14-17-4-2-3-5-20(17)27;21-14-4-2-1-3-12(14)11-27-17(15-5-7-29-26-15)9-16(25-27)18-23-10-13(19(28)24-18)20-22-6-8-30-20/h2-15H,16-17H2,1H3;2-13H,14-15H2,1H3;1-10H,11H2,(H,23,24,28). The SMILES string of the molecule is COc1ccc(COc2nc(-c3cc(-c4ccon4)n(Cc4ccccc4F)n3)ncc2-c2nccs2)cc1.COc1ccc(COc2nc(-c3cc(-c4ccon4)n(Cc4ccccc4F)n3)ncc2Br)cc1.O=c1[nH]c(-c2cc(-c3ccon3)n(Cc3ccccc3F)n2)ncc1-c1nccs1. The molecule has 0 atom stereocenters. The minimum absolute atomic E-state index is 0.177. The number of hydrogen-bond acceptors (Lipinski definition) is 23. The average molecular weight is 1500 g/mol. The van der Waals surface area contributed by atoms with Crippen LogP contribution in [0.1, 0.15) is 27.8 Å². The Hall–Kier alpha value is -12.9. The molecule has 31 heteroatoms. The minimum Gasteiger partial charge on any atom is -0.497 e. The zero-order valence-corrected chi connectivity index (χ0v) is 57.8. The summed E-state index contributed by atoms with van der Waals surface area (Å²) in [5.74, 6) is 2.30. The molecule has 0 saturated heterocycles. The van der Waals surface area contributed by atoms with Gasteiger partial charge in [0.1, 0.15) is 105 Å². The highest BCUT2D eigenvalue weighted by atomic mass is 79.9. The first-order chi connectivity index (χ1) is 51.0. The fraction of sp³-hybridized carbons (Fsp3) is 0.0959. The molecule has 0 radical (unpaired) electrons. The number of benzene rings is 5. The average Bonchev–Trinajstić information content (AvgIpc) is 1.65. The number of nitrogens with one attached hydrogen (secondary N) is 1.